The molecule has 0 atom stereocenters. The number of hydrogen-bond donors (Lipinski definition) is 2. The Morgan fingerprint density at radius 2 is 2.28 bits per heavy atom. The molecule has 1 aromatic carbocycles. The van der Waals surface area contributed by atoms with Crippen LogP contribution in [0, 0.1) is 6.92 Å². The number of hydrogen-bond acceptors (Lipinski definition) is 4. The summed E-state index contributed by atoms with van der Waals surface area (Å²) in [6, 6.07) is 7.81. The first-order valence-electron chi connectivity index (χ1n) is 5.89. The highest BCUT2D eigenvalue weighted by Gasteiger charge is 2.07. The van der Waals surface area contributed by atoms with Crippen LogP contribution in [0.2, 0.25) is 0 Å². The van der Waals surface area contributed by atoms with Crippen molar-refractivity contribution in [3.8, 4) is 11.4 Å². The number of nitrogens with one attached hydrogen (secondary N) is 1. The van der Waals surface area contributed by atoms with Crippen LogP contribution in [0.25, 0.3) is 5.69 Å². The van der Waals surface area contributed by atoms with E-state index in [-0.39, 0.29) is 0 Å². The Morgan fingerprint density at radius 1 is 1.44 bits per heavy atom. The molecule has 0 radical (unpaired) electrons. The van der Waals surface area contributed by atoms with Crippen LogP contribution in [0.1, 0.15) is 5.69 Å². The average molecular weight is 246 g/mol. The maximum atomic E-state index is 5.48. The summed E-state index contributed by atoms with van der Waals surface area (Å²) in [5.74, 6) is 0.818. The highest BCUT2D eigenvalue weighted by atomic mass is 16.5. The predicted molar refractivity (Wildman–Crippen MR) is 72.4 cm³/mol. The first-order valence-corrected chi connectivity index (χ1v) is 5.89. The van der Waals surface area contributed by atoms with E-state index in [0.29, 0.717) is 6.54 Å². The van der Waals surface area contributed by atoms with Gasteiger partial charge in [-0.1, -0.05) is 6.07 Å². The molecule has 18 heavy (non-hydrogen) atoms. The van der Waals surface area contributed by atoms with Gasteiger partial charge in [0.25, 0.3) is 0 Å². The third-order valence-electron chi connectivity index (χ3n) is 2.77. The lowest BCUT2D eigenvalue weighted by Crippen LogP contribution is -2.13. The first kappa shape index (κ1) is 12.4. The molecule has 5 nitrogen and oxygen atoms in total. The number of aromatic nitrogens is 2. The predicted octanol–water partition coefficient (Wildman–Crippen LogP) is 1.56. The largest absolute Gasteiger partial charge is 0.497 e. The van der Waals surface area contributed by atoms with Gasteiger partial charge in [-0.15, -0.1) is 0 Å². The minimum absolute atomic E-state index is 0.601. The quantitative estimate of drug-likeness (QED) is 0.840. The second kappa shape index (κ2) is 5.55. The molecule has 0 bridgehead atoms. The van der Waals surface area contributed by atoms with Gasteiger partial charge in [-0.25, -0.2) is 4.68 Å². The zero-order valence-corrected chi connectivity index (χ0v) is 10.7. The van der Waals surface area contributed by atoms with Crippen LogP contribution in [0.3, 0.4) is 0 Å². The first-order chi connectivity index (χ1) is 8.76. The van der Waals surface area contributed by atoms with Gasteiger partial charge in [0.2, 0.25) is 0 Å². The van der Waals surface area contributed by atoms with Crippen molar-refractivity contribution in [1.82, 2.24) is 9.78 Å². The van der Waals surface area contributed by atoms with Gasteiger partial charge in [-0.3, -0.25) is 0 Å². The van der Waals surface area contributed by atoms with Gasteiger partial charge in [0.15, 0.2) is 0 Å². The summed E-state index contributed by atoms with van der Waals surface area (Å²) in [6.07, 6.45) is 1.81. The van der Waals surface area contributed by atoms with Crippen LogP contribution in [-0.4, -0.2) is 30.0 Å². The van der Waals surface area contributed by atoms with Gasteiger partial charge in [0, 0.05) is 19.2 Å². The van der Waals surface area contributed by atoms with Crippen molar-refractivity contribution in [2.45, 2.75) is 6.92 Å². The summed E-state index contributed by atoms with van der Waals surface area (Å²) in [7, 11) is 1.66. The van der Waals surface area contributed by atoms with Crippen molar-refractivity contribution in [2.24, 2.45) is 5.73 Å². The Bertz CT molecular complexity index is 521. The van der Waals surface area contributed by atoms with Crippen LogP contribution in [0.4, 0.5) is 5.69 Å². The van der Waals surface area contributed by atoms with Crippen molar-refractivity contribution in [1.29, 1.82) is 0 Å². The highest BCUT2D eigenvalue weighted by molar-refractivity contribution is 5.50. The van der Waals surface area contributed by atoms with Gasteiger partial charge in [-0.05, 0) is 19.1 Å². The Morgan fingerprint density at radius 3 is 3.00 bits per heavy atom. The number of methoxy groups -OCH3 is 1. The van der Waals surface area contributed by atoms with E-state index in [2.05, 4.69) is 10.4 Å². The number of nitrogens with zero attached hydrogens (tertiary/aromatic N) is 2. The molecular formula is C13H18N4O. The van der Waals surface area contributed by atoms with Gasteiger partial charge in [-0.2, -0.15) is 5.10 Å². The molecule has 0 aliphatic heterocycles. The zero-order valence-electron chi connectivity index (χ0n) is 10.7. The molecule has 3 N–H and O–H groups in total. The smallest absolute Gasteiger partial charge is 0.121 e. The number of rotatable bonds is 5. The van der Waals surface area contributed by atoms with E-state index in [1.165, 1.54) is 0 Å². The number of benzene rings is 1. The minimum Gasteiger partial charge on any atom is -0.497 e. The molecule has 0 spiro atoms. The van der Waals surface area contributed by atoms with Gasteiger partial charge in [0.05, 0.1) is 30.4 Å². The Kier molecular flexibility index (Phi) is 3.84. The fraction of sp³-hybridized carbons (Fsp3) is 0.308. The maximum absolute atomic E-state index is 5.48. The third kappa shape index (κ3) is 2.46. The number of anilines is 1. The molecule has 0 aliphatic carbocycles. The fourth-order valence-electron chi connectivity index (χ4n) is 1.79. The molecule has 0 amide bonds. The third-order valence-corrected chi connectivity index (χ3v) is 2.77. The maximum Gasteiger partial charge on any atom is 0.121 e. The standard InChI is InChI=1S/C13H18N4O/c1-10-13(15-7-6-14)9-16-17(10)11-4-3-5-12(8-11)18-2/h3-5,8-9,15H,6-7,14H2,1-2H3. The van der Waals surface area contributed by atoms with Crippen molar-refractivity contribution in [2.75, 3.05) is 25.5 Å². The highest BCUT2D eigenvalue weighted by Crippen LogP contribution is 2.21. The lowest BCUT2D eigenvalue weighted by Gasteiger charge is -2.08. The number of ether oxygens (including phenoxy) is 1. The summed E-state index contributed by atoms with van der Waals surface area (Å²) in [4.78, 5) is 0. The van der Waals surface area contributed by atoms with E-state index in [1.54, 1.807) is 7.11 Å². The molecule has 2 aromatic rings. The van der Waals surface area contributed by atoms with Crippen LogP contribution in [0.5, 0.6) is 5.75 Å². The molecule has 0 saturated heterocycles. The number of nitrogens with two attached hydrogens (primary N) is 1. The van der Waals surface area contributed by atoms with Crippen LogP contribution in [-0.2, 0) is 0 Å². The summed E-state index contributed by atoms with van der Waals surface area (Å²) >= 11 is 0. The molecule has 0 saturated carbocycles. The lowest BCUT2D eigenvalue weighted by atomic mass is 10.3. The molecule has 0 aliphatic rings. The monoisotopic (exact) mass is 246 g/mol. The normalized spacial score (nSPS) is 10.4. The van der Waals surface area contributed by atoms with E-state index < -0.39 is 0 Å². The van der Waals surface area contributed by atoms with Crippen molar-refractivity contribution in [3.05, 3.63) is 36.2 Å². The molecule has 0 fully saturated rings. The molecule has 1 aromatic heterocycles. The van der Waals surface area contributed by atoms with Crippen molar-refractivity contribution in [3.63, 3.8) is 0 Å². The minimum atomic E-state index is 0.601. The second-order valence-corrected chi connectivity index (χ2v) is 3.97. The van der Waals surface area contributed by atoms with Gasteiger partial charge in [0.1, 0.15) is 5.75 Å². The Balaban J connectivity index is 2.30. The molecule has 1 heterocycles. The second-order valence-electron chi connectivity index (χ2n) is 3.97. The summed E-state index contributed by atoms with van der Waals surface area (Å²) in [5.41, 5.74) is 8.51. The Hall–Kier alpha value is -2.01. The molecule has 0 unspecified atom stereocenters. The van der Waals surface area contributed by atoms with E-state index >= 15 is 0 Å². The van der Waals surface area contributed by atoms with Gasteiger partial charge < -0.3 is 15.8 Å². The van der Waals surface area contributed by atoms with E-state index in [0.717, 1.165) is 29.4 Å². The fourth-order valence-corrected chi connectivity index (χ4v) is 1.79. The summed E-state index contributed by atoms with van der Waals surface area (Å²) in [6.45, 7) is 3.36. The van der Waals surface area contributed by atoms with Crippen molar-refractivity contribution >= 4 is 5.69 Å². The van der Waals surface area contributed by atoms with Crippen LogP contribution < -0.4 is 15.8 Å². The van der Waals surface area contributed by atoms with Crippen LogP contribution in [0.15, 0.2) is 30.5 Å². The molecule has 5 heteroatoms. The SMILES string of the molecule is COc1cccc(-n2ncc(NCCN)c2C)c1. The Labute approximate surface area is 107 Å². The summed E-state index contributed by atoms with van der Waals surface area (Å²) in [5, 5.41) is 7.61. The average Bonchev–Trinajstić information content (AvgIpc) is 2.78. The molecule has 2 rings (SSSR count). The summed E-state index contributed by atoms with van der Waals surface area (Å²) < 4.78 is 7.09. The molecule has 96 valence electrons. The topological polar surface area (TPSA) is 65.1 Å². The van der Waals surface area contributed by atoms with E-state index in [9.17, 15) is 0 Å². The van der Waals surface area contributed by atoms with E-state index in [4.69, 9.17) is 10.5 Å². The van der Waals surface area contributed by atoms with Gasteiger partial charge >= 0.3 is 0 Å². The van der Waals surface area contributed by atoms with Crippen molar-refractivity contribution < 1.29 is 4.74 Å². The lowest BCUT2D eigenvalue weighted by molar-refractivity contribution is 0.414. The molecular weight excluding hydrogens is 228 g/mol. The zero-order chi connectivity index (χ0) is 13.0. The van der Waals surface area contributed by atoms with Crippen LogP contribution >= 0.6 is 0 Å². The van der Waals surface area contributed by atoms with E-state index in [1.807, 2.05) is 42.1 Å².